The van der Waals surface area contributed by atoms with Crippen molar-refractivity contribution in [3.05, 3.63) is 49.4 Å². The van der Waals surface area contributed by atoms with Crippen LogP contribution in [0.5, 0.6) is 11.6 Å². The number of pyridine rings is 1. The van der Waals surface area contributed by atoms with Crippen LogP contribution < -0.4 is 10.1 Å². The van der Waals surface area contributed by atoms with Crippen LogP contribution in [-0.2, 0) is 6.54 Å². The number of hydrogen-bond donors (Lipinski definition) is 1. The van der Waals surface area contributed by atoms with E-state index in [1.165, 1.54) is 12.8 Å². The molecule has 21 heavy (non-hydrogen) atoms. The van der Waals surface area contributed by atoms with Crippen LogP contribution in [0.25, 0.3) is 0 Å². The van der Waals surface area contributed by atoms with Gasteiger partial charge in [0.1, 0.15) is 5.75 Å². The zero-order chi connectivity index (χ0) is 14.8. The second-order valence-electron chi connectivity index (χ2n) is 4.95. The highest BCUT2D eigenvalue weighted by Gasteiger charge is 2.21. The molecule has 3 nitrogen and oxygen atoms in total. The van der Waals surface area contributed by atoms with E-state index in [1.54, 1.807) is 6.20 Å². The average Bonchev–Trinajstić information content (AvgIpc) is 3.26. The van der Waals surface area contributed by atoms with E-state index in [-0.39, 0.29) is 0 Å². The van der Waals surface area contributed by atoms with Crippen LogP contribution >= 0.6 is 47.8 Å². The van der Waals surface area contributed by atoms with E-state index in [2.05, 4.69) is 58.1 Å². The lowest BCUT2D eigenvalue weighted by molar-refractivity contribution is 0.449. The van der Waals surface area contributed by atoms with Crippen LogP contribution in [0.4, 0.5) is 0 Å². The fraction of sp³-hybridized carbons (Fsp3) is 0.267. The van der Waals surface area contributed by atoms with Gasteiger partial charge >= 0.3 is 0 Å². The molecule has 0 spiro atoms. The first kappa shape index (κ1) is 15.5. The highest BCUT2D eigenvalue weighted by Crippen LogP contribution is 2.33. The van der Waals surface area contributed by atoms with Crippen molar-refractivity contribution in [2.24, 2.45) is 0 Å². The van der Waals surface area contributed by atoms with Gasteiger partial charge in [-0.3, -0.25) is 0 Å². The van der Waals surface area contributed by atoms with E-state index >= 15 is 0 Å². The molecule has 1 saturated carbocycles. The molecule has 1 aromatic heterocycles. The smallest absolute Gasteiger partial charge is 0.223 e. The minimum Gasteiger partial charge on any atom is -0.438 e. The molecule has 1 heterocycles. The molecule has 1 aliphatic carbocycles. The van der Waals surface area contributed by atoms with Crippen LogP contribution in [0.3, 0.4) is 0 Å². The van der Waals surface area contributed by atoms with E-state index in [9.17, 15) is 0 Å². The van der Waals surface area contributed by atoms with Gasteiger partial charge in [-0.25, -0.2) is 4.98 Å². The molecule has 0 saturated heterocycles. The van der Waals surface area contributed by atoms with Crippen molar-refractivity contribution in [1.29, 1.82) is 0 Å². The first-order chi connectivity index (χ1) is 10.1. The number of benzene rings is 1. The van der Waals surface area contributed by atoms with Gasteiger partial charge in [0.2, 0.25) is 5.88 Å². The first-order valence-electron chi connectivity index (χ1n) is 6.62. The maximum Gasteiger partial charge on any atom is 0.223 e. The topological polar surface area (TPSA) is 34.1 Å². The maximum absolute atomic E-state index is 5.96. The van der Waals surface area contributed by atoms with Gasteiger partial charge in [-0.15, -0.1) is 0 Å². The summed E-state index contributed by atoms with van der Waals surface area (Å²) in [7, 11) is 0. The molecule has 1 fully saturated rings. The summed E-state index contributed by atoms with van der Waals surface area (Å²) in [6.07, 6.45) is 4.27. The molecule has 0 amide bonds. The standard InChI is InChI=1S/C15H13Br3N2O/c16-10-1-4-14(13(18)6-10)21-15-9(5-11(17)8-20-15)7-19-12-2-3-12/h1,4-6,8,12,19H,2-3,7H2. The quantitative estimate of drug-likeness (QED) is 0.626. The van der Waals surface area contributed by atoms with Gasteiger partial charge < -0.3 is 10.1 Å². The Hall–Kier alpha value is -0.430. The number of nitrogens with one attached hydrogen (secondary N) is 1. The molecule has 1 aliphatic rings. The van der Waals surface area contributed by atoms with Crippen LogP contribution in [0.2, 0.25) is 0 Å². The number of ether oxygens (including phenoxy) is 1. The van der Waals surface area contributed by atoms with E-state index < -0.39 is 0 Å². The van der Waals surface area contributed by atoms with Crippen molar-refractivity contribution < 1.29 is 4.74 Å². The Morgan fingerprint density at radius 3 is 2.67 bits per heavy atom. The summed E-state index contributed by atoms with van der Waals surface area (Å²) in [5.74, 6) is 1.38. The van der Waals surface area contributed by atoms with Gasteiger partial charge in [0.15, 0.2) is 0 Å². The lowest BCUT2D eigenvalue weighted by atomic mass is 10.2. The lowest BCUT2D eigenvalue weighted by Gasteiger charge is -2.12. The summed E-state index contributed by atoms with van der Waals surface area (Å²) in [4.78, 5) is 4.39. The van der Waals surface area contributed by atoms with Crippen LogP contribution in [0.15, 0.2) is 43.9 Å². The van der Waals surface area contributed by atoms with Gasteiger partial charge in [0, 0.05) is 33.3 Å². The van der Waals surface area contributed by atoms with E-state index in [0.717, 1.165) is 31.3 Å². The second-order valence-corrected chi connectivity index (χ2v) is 7.64. The molecular weight excluding hydrogens is 464 g/mol. The van der Waals surface area contributed by atoms with Gasteiger partial charge in [-0.05, 0) is 69.0 Å². The van der Waals surface area contributed by atoms with E-state index in [0.29, 0.717) is 11.9 Å². The minimum atomic E-state index is 0.634. The molecule has 1 N–H and O–H groups in total. The highest BCUT2D eigenvalue weighted by atomic mass is 79.9. The molecule has 2 aromatic rings. The van der Waals surface area contributed by atoms with Crippen molar-refractivity contribution in [1.82, 2.24) is 10.3 Å². The zero-order valence-electron chi connectivity index (χ0n) is 11.1. The Balaban J connectivity index is 1.82. The van der Waals surface area contributed by atoms with Gasteiger partial charge in [0.25, 0.3) is 0 Å². The van der Waals surface area contributed by atoms with Gasteiger partial charge in [-0.2, -0.15) is 0 Å². The van der Waals surface area contributed by atoms with Crippen molar-refractivity contribution in [3.63, 3.8) is 0 Å². The predicted octanol–water partition coefficient (Wildman–Crippen LogP) is 5.41. The molecule has 0 unspecified atom stereocenters. The first-order valence-corrected chi connectivity index (χ1v) is 9.00. The molecule has 3 rings (SSSR count). The molecule has 0 aliphatic heterocycles. The Bertz CT molecular complexity index is 659. The lowest BCUT2D eigenvalue weighted by Crippen LogP contribution is -2.16. The van der Waals surface area contributed by atoms with E-state index in [1.807, 2.05) is 24.3 Å². The third-order valence-electron chi connectivity index (χ3n) is 3.15. The highest BCUT2D eigenvalue weighted by molar-refractivity contribution is 9.11. The molecule has 0 atom stereocenters. The normalized spacial score (nSPS) is 14.2. The third kappa shape index (κ3) is 4.28. The Morgan fingerprint density at radius 1 is 1.14 bits per heavy atom. The van der Waals surface area contributed by atoms with Crippen molar-refractivity contribution >= 4 is 47.8 Å². The minimum absolute atomic E-state index is 0.634. The van der Waals surface area contributed by atoms with Crippen LogP contribution in [0.1, 0.15) is 18.4 Å². The van der Waals surface area contributed by atoms with Gasteiger partial charge in [0.05, 0.1) is 4.47 Å². The Kier molecular flexibility index (Phi) is 4.99. The number of hydrogen-bond acceptors (Lipinski definition) is 3. The number of aromatic nitrogens is 1. The summed E-state index contributed by atoms with van der Waals surface area (Å²) in [6, 6.07) is 8.51. The fourth-order valence-electron chi connectivity index (χ4n) is 1.89. The average molecular weight is 477 g/mol. The molecular formula is C15H13Br3N2O. The number of rotatable bonds is 5. The molecule has 6 heteroatoms. The largest absolute Gasteiger partial charge is 0.438 e. The molecule has 0 bridgehead atoms. The molecule has 0 radical (unpaired) electrons. The summed E-state index contributed by atoms with van der Waals surface area (Å²) in [5, 5.41) is 3.49. The van der Waals surface area contributed by atoms with Crippen molar-refractivity contribution in [2.75, 3.05) is 0 Å². The number of halogens is 3. The molecule has 1 aromatic carbocycles. The summed E-state index contributed by atoms with van der Waals surface area (Å²) in [5.41, 5.74) is 1.05. The zero-order valence-corrected chi connectivity index (χ0v) is 15.8. The van der Waals surface area contributed by atoms with Crippen molar-refractivity contribution in [2.45, 2.75) is 25.4 Å². The Morgan fingerprint density at radius 2 is 1.95 bits per heavy atom. The maximum atomic E-state index is 5.96. The van der Waals surface area contributed by atoms with E-state index in [4.69, 9.17) is 4.74 Å². The predicted molar refractivity (Wildman–Crippen MR) is 93.7 cm³/mol. The fourth-order valence-corrected chi connectivity index (χ4v) is 3.40. The van der Waals surface area contributed by atoms with Crippen molar-refractivity contribution in [3.8, 4) is 11.6 Å². The summed E-state index contributed by atoms with van der Waals surface area (Å²) in [6.45, 7) is 0.764. The van der Waals surface area contributed by atoms with Crippen LogP contribution in [0, 0.1) is 0 Å². The SMILES string of the molecule is Brc1ccc(Oc2ncc(Br)cc2CNC2CC2)c(Br)c1. The summed E-state index contributed by atoms with van der Waals surface area (Å²) >= 11 is 10.4. The second kappa shape index (κ2) is 6.77. The molecule has 110 valence electrons. The van der Waals surface area contributed by atoms with Gasteiger partial charge in [-0.1, -0.05) is 15.9 Å². The van der Waals surface area contributed by atoms with Crippen LogP contribution in [-0.4, -0.2) is 11.0 Å². The summed E-state index contributed by atoms with van der Waals surface area (Å²) < 4.78 is 8.81. The monoisotopic (exact) mass is 474 g/mol. The third-order valence-corrected chi connectivity index (χ3v) is 4.70. The number of nitrogens with zero attached hydrogens (tertiary/aromatic N) is 1. The Labute approximate surface area is 148 Å².